The number of aldehydes is 1. The largest absolute Gasteiger partial charge is 0.391 e. The van der Waals surface area contributed by atoms with Crippen molar-refractivity contribution in [2.75, 3.05) is 37.0 Å². The summed E-state index contributed by atoms with van der Waals surface area (Å²) in [7, 11) is -15.1. The lowest BCUT2D eigenvalue weighted by atomic mass is 9.62. The van der Waals surface area contributed by atoms with Gasteiger partial charge in [-0.25, -0.2) is 42.1 Å². The van der Waals surface area contributed by atoms with Gasteiger partial charge in [0.15, 0.2) is 39.3 Å². The molecule has 5 fully saturated rings. The van der Waals surface area contributed by atoms with Gasteiger partial charge in [-0.05, 0) is 143 Å². The van der Waals surface area contributed by atoms with E-state index in [2.05, 4.69) is 69.2 Å². The highest BCUT2D eigenvalue weighted by Gasteiger charge is 2.46. The summed E-state index contributed by atoms with van der Waals surface area (Å²) in [6.07, 6.45) is 13.8. The Balaban J connectivity index is 0.000000833. The van der Waals surface area contributed by atoms with Crippen LogP contribution >= 0.6 is 0 Å². The highest BCUT2D eigenvalue weighted by atomic mass is 32.2. The molecule has 0 heterocycles. The predicted octanol–water partition coefficient (Wildman–Crippen LogP) is 6.54. The fourth-order valence-electron chi connectivity index (χ4n) is 10.4. The van der Waals surface area contributed by atoms with E-state index in [0.29, 0.717) is 11.3 Å². The Hall–Kier alpha value is -0.740. The predicted molar refractivity (Wildman–Crippen MR) is 285 cm³/mol. The summed E-state index contributed by atoms with van der Waals surface area (Å²) < 4.78 is 110. The Kier molecular flexibility index (Phi) is 25.1. The van der Waals surface area contributed by atoms with E-state index in [9.17, 15) is 67.3 Å². The van der Waals surface area contributed by atoms with Crippen molar-refractivity contribution in [1.82, 2.24) is 0 Å². The van der Waals surface area contributed by atoms with Crippen molar-refractivity contribution in [3.8, 4) is 0 Å². The fraction of sp³-hybridized carbons (Fsp3) is 0.980. The molecule has 15 nitrogen and oxygen atoms in total. The highest BCUT2D eigenvalue weighted by Crippen LogP contribution is 2.50. The number of hydrogen-bond donors (Lipinski definition) is 4. The standard InChI is InChI=1S/4C10H20O3S.C7H12O.C3H8O2S/c4*1-7(14(4,12)13)9(11)8-5-10(2,3)6-8;1-7(2)3-6(4-7)5-8;1-3-6(2,4)5/h4*7-9,11H,5-6H2,1-4H3;5-6H,3-4H2,1-2H3;3H2,1-2H3/t2*7-,9+;2*7-,9-;;/m1010../s1. The van der Waals surface area contributed by atoms with Crippen molar-refractivity contribution in [2.45, 2.75) is 213 Å². The van der Waals surface area contributed by atoms with Crippen LogP contribution < -0.4 is 0 Å². The van der Waals surface area contributed by atoms with Gasteiger partial charge in [-0.2, -0.15) is 0 Å². The molecule has 0 amide bonds. The van der Waals surface area contributed by atoms with Gasteiger partial charge >= 0.3 is 0 Å². The smallest absolute Gasteiger partial charge is 0.152 e. The van der Waals surface area contributed by atoms with Crippen LogP contribution in [-0.4, -0.2) is 151 Å². The molecule has 5 rings (SSSR count). The van der Waals surface area contributed by atoms with Gasteiger partial charge in [-0.3, -0.25) is 0 Å². The van der Waals surface area contributed by atoms with Crippen molar-refractivity contribution in [3.63, 3.8) is 0 Å². The Labute approximate surface area is 427 Å². The maximum atomic E-state index is 11.2. The maximum absolute atomic E-state index is 11.2. The molecule has 0 aromatic rings. The van der Waals surface area contributed by atoms with Crippen molar-refractivity contribution in [2.24, 2.45) is 56.7 Å². The minimum absolute atomic E-state index is 0.162. The number of rotatable bonds is 14. The summed E-state index contributed by atoms with van der Waals surface area (Å²) in [5.41, 5.74) is 1.59. The minimum atomic E-state index is -3.11. The SMILES string of the molecule is CC1(C)CC(C=O)C1.CCS(C)(=O)=O.C[C@@H]([C@@H](O)C1CC(C)(C)C1)S(C)(=O)=O.C[C@@H]([C@H](O)C1CC(C)(C)C1)S(C)(=O)=O.C[C@H]([C@@H](O)C1CC(C)(C)C1)S(C)(=O)=O.C[C@H]([C@H](O)C1CC(C)(C)C1)S(C)(=O)=O. The normalized spacial score (nSPS) is 25.4. The Bertz CT molecular complexity index is 1940. The van der Waals surface area contributed by atoms with Gasteiger partial charge in [0.25, 0.3) is 0 Å². The van der Waals surface area contributed by atoms with Crippen molar-refractivity contribution >= 4 is 55.5 Å². The third-order valence-corrected chi connectivity index (χ3v) is 23.0. The third-order valence-electron chi connectivity index (χ3n) is 15.4. The van der Waals surface area contributed by atoms with Crippen LogP contribution in [0.5, 0.6) is 0 Å². The summed E-state index contributed by atoms with van der Waals surface area (Å²) in [6.45, 7) is 29.5. The van der Waals surface area contributed by atoms with Crippen molar-refractivity contribution in [3.05, 3.63) is 0 Å². The molecule has 0 aromatic carbocycles. The Morgan fingerprint density at radius 3 is 0.600 bits per heavy atom. The molecular formula is C50H100O15S5. The van der Waals surface area contributed by atoms with Crippen molar-refractivity contribution < 1.29 is 67.3 Å². The van der Waals surface area contributed by atoms with Crippen LogP contribution in [0.3, 0.4) is 0 Å². The quantitative estimate of drug-likeness (QED) is 0.135. The number of carbonyl (C=O) groups is 1. The van der Waals surface area contributed by atoms with Crippen LogP contribution in [0.4, 0.5) is 0 Å². The molecule has 4 N–H and O–H groups in total. The molecule has 0 aromatic heterocycles. The van der Waals surface area contributed by atoms with Gasteiger partial charge in [0.2, 0.25) is 0 Å². The first kappa shape index (κ1) is 69.3. The molecule has 0 radical (unpaired) electrons. The first-order valence-electron chi connectivity index (χ1n) is 24.8. The molecule has 5 aliphatic rings. The number of aliphatic hydroxyl groups excluding tert-OH is 4. The lowest BCUT2D eigenvalue weighted by molar-refractivity contribution is -0.116. The maximum Gasteiger partial charge on any atom is 0.152 e. The number of hydrogen-bond acceptors (Lipinski definition) is 15. The average molecular weight is 1100 g/mol. The Morgan fingerprint density at radius 1 is 0.386 bits per heavy atom. The van der Waals surface area contributed by atoms with Gasteiger partial charge in [0.05, 0.1) is 45.4 Å². The van der Waals surface area contributed by atoms with Crippen LogP contribution in [0.25, 0.3) is 0 Å². The molecule has 5 saturated carbocycles. The van der Waals surface area contributed by atoms with E-state index in [-0.39, 0.29) is 51.1 Å². The van der Waals surface area contributed by atoms with Crippen LogP contribution in [0, 0.1) is 56.7 Å². The topological polar surface area (TPSA) is 269 Å². The van der Waals surface area contributed by atoms with E-state index < -0.39 is 94.6 Å². The zero-order valence-corrected chi connectivity index (χ0v) is 50.8. The lowest BCUT2D eigenvalue weighted by Crippen LogP contribution is -2.45. The second kappa shape index (κ2) is 25.4. The highest BCUT2D eigenvalue weighted by molar-refractivity contribution is 7.92. The summed E-state index contributed by atoms with van der Waals surface area (Å²) in [4.78, 5) is 10.1. The fourth-order valence-corrected chi connectivity index (χ4v) is 13.3. The zero-order valence-electron chi connectivity index (χ0n) is 46.7. The molecular weight excluding hydrogens is 1000 g/mol. The molecule has 20 heteroatoms. The zero-order chi connectivity index (χ0) is 56.0. The lowest BCUT2D eigenvalue weighted by Gasteiger charge is -2.46. The van der Waals surface area contributed by atoms with E-state index in [4.69, 9.17) is 0 Å². The van der Waals surface area contributed by atoms with Crippen molar-refractivity contribution in [1.29, 1.82) is 0 Å². The average Bonchev–Trinajstić information content (AvgIpc) is 3.13. The second-order valence-electron chi connectivity index (χ2n) is 26.1. The first-order valence-corrected chi connectivity index (χ1v) is 34.7. The molecule has 420 valence electrons. The molecule has 0 bridgehead atoms. The van der Waals surface area contributed by atoms with Crippen LogP contribution in [-0.2, 0) is 54.0 Å². The van der Waals surface area contributed by atoms with Gasteiger partial charge in [0.1, 0.15) is 16.1 Å². The number of sulfone groups is 5. The minimum Gasteiger partial charge on any atom is -0.391 e. The number of aliphatic hydroxyl groups is 4. The molecule has 0 saturated heterocycles. The van der Waals surface area contributed by atoms with Gasteiger partial charge in [0, 0.05) is 42.9 Å². The first-order chi connectivity index (χ1) is 30.7. The van der Waals surface area contributed by atoms with Crippen LogP contribution in [0.1, 0.15) is 168 Å². The van der Waals surface area contributed by atoms with E-state index in [1.54, 1.807) is 34.6 Å². The van der Waals surface area contributed by atoms with Gasteiger partial charge in [-0.15, -0.1) is 0 Å². The summed E-state index contributed by atoms with van der Waals surface area (Å²) in [5, 5.41) is 36.8. The van der Waals surface area contributed by atoms with E-state index in [0.717, 1.165) is 70.5 Å². The monoisotopic (exact) mass is 1100 g/mol. The molecule has 0 unspecified atom stereocenters. The second-order valence-corrected chi connectivity index (χ2v) is 38.2. The van der Waals surface area contributed by atoms with Crippen LogP contribution in [0.2, 0.25) is 0 Å². The van der Waals surface area contributed by atoms with E-state index >= 15 is 0 Å². The van der Waals surface area contributed by atoms with Gasteiger partial charge in [-0.1, -0.05) is 76.2 Å². The molecule has 8 atom stereocenters. The Morgan fingerprint density at radius 2 is 0.529 bits per heavy atom. The van der Waals surface area contributed by atoms with Crippen LogP contribution in [0.15, 0.2) is 0 Å². The number of carbonyl (C=O) groups excluding carboxylic acids is 1. The van der Waals surface area contributed by atoms with E-state index in [1.165, 1.54) is 31.3 Å². The van der Waals surface area contributed by atoms with E-state index in [1.807, 2.05) is 0 Å². The molecule has 5 aliphatic carbocycles. The third kappa shape index (κ3) is 24.3. The molecule has 70 heavy (non-hydrogen) atoms. The molecule has 0 spiro atoms. The summed E-state index contributed by atoms with van der Waals surface area (Å²) in [6, 6.07) is 0. The molecule has 0 aliphatic heterocycles. The summed E-state index contributed by atoms with van der Waals surface area (Å²) >= 11 is 0. The van der Waals surface area contributed by atoms with Gasteiger partial charge < -0.3 is 25.2 Å². The summed E-state index contributed by atoms with van der Waals surface area (Å²) in [5.74, 6) is 1.27.